The van der Waals surface area contributed by atoms with E-state index in [2.05, 4.69) is 10.5 Å². The van der Waals surface area contributed by atoms with Crippen LogP contribution in [-0.4, -0.2) is 42.6 Å². The smallest absolute Gasteiger partial charge is 0.414 e. The van der Waals surface area contributed by atoms with E-state index in [1.54, 1.807) is 24.3 Å². The second-order valence-corrected chi connectivity index (χ2v) is 4.39. The number of benzene rings is 1. The zero-order chi connectivity index (χ0) is 14.5. The normalized spacial score (nSPS) is 18.4. The molecule has 0 saturated carbocycles. The second-order valence-electron chi connectivity index (χ2n) is 4.39. The standard InChI is InChI=1S/C13H15N3O4/c1-9(17)14-7-12-8-16(13(18)20-12)11-4-2-10(3-5-11)6-15-19/h2-6,12,19H,7-8H2,1H3,(H,14,17)/b15-6+/t12-/m0/s1. The van der Waals surface area contributed by atoms with Crippen molar-refractivity contribution >= 4 is 23.9 Å². The number of ether oxygens (including phenoxy) is 1. The van der Waals surface area contributed by atoms with Gasteiger partial charge in [-0.15, -0.1) is 0 Å². The van der Waals surface area contributed by atoms with Crippen LogP contribution in [0.1, 0.15) is 12.5 Å². The van der Waals surface area contributed by atoms with E-state index in [1.807, 2.05) is 0 Å². The minimum atomic E-state index is -0.441. The number of nitrogens with one attached hydrogen (secondary N) is 1. The first-order valence-corrected chi connectivity index (χ1v) is 6.10. The Labute approximate surface area is 115 Å². The van der Waals surface area contributed by atoms with Gasteiger partial charge in [-0.05, 0) is 17.7 Å². The number of nitrogens with zero attached hydrogens (tertiary/aromatic N) is 2. The zero-order valence-electron chi connectivity index (χ0n) is 10.9. The van der Waals surface area contributed by atoms with E-state index in [9.17, 15) is 9.59 Å². The van der Waals surface area contributed by atoms with Gasteiger partial charge in [0.15, 0.2) is 0 Å². The number of anilines is 1. The molecule has 2 amide bonds. The van der Waals surface area contributed by atoms with Gasteiger partial charge in [-0.25, -0.2) is 4.79 Å². The Morgan fingerprint density at radius 1 is 1.55 bits per heavy atom. The molecular weight excluding hydrogens is 262 g/mol. The number of cyclic esters (lactones) is 1. The molecule has 0 bridgehead atoms. The van der Waals surface area contributed by atoms with Gasteiger partial charge in [0.25, 0.3) is 0 Å². The summed E-state index contributed by atoms with van der Waals surface area (Å²) < 4.78 is 5.16. The van der Waals surface area contributed by atoms with E-state index in [0.717, 1.165) is 5.56 Å². The van der Waals surface area contributed by atoms with Gasteiger partial charge >= 0.3 is 6.09 Å². The van der Waals surface area contributed by atoms with Crippen molar-refractivity contribution in [3.05, 3.63) is 29.8 Å². The fraction of sp³-hybridized carbons (Fsp3) is 0.308. The highest BCUT2D eigenvalue weighted by atomic mass is 16.6. The SMILES string of the molecule is CC(=O)NC[C@H]1CN(c2ccc(/C=N/O)cc2)C(=O)O1. The molecule has 2 N–H and O–H groups in total. The van der Waals surface area contributed by atoms with Crippen LogP contribution < -0.4 is 10.2 Å². The van der Waals surface area contributed by atoms with E-state index >= 15 is 0 Å². The van der Waals surface area contributed by atoms with Crippen molar-refractivity contribution in [3.8, 4) is 0 Å². The molecule has 7 heteroatoms. The van der Waals surface area contributed by atoms with Gasteiger partial charge in [-0.2, -0.15) is 0 Å². The summed E-state index contributed by atoms with van der Waals surface area (Å²) in [5.74, 6) is -0.160. The maximum Gasteiger partial charge on any atom is 0.414 e. The number of hydrogen-bond donors (Lipinski definition) is 2. The van der Waals surface area contributed by atoms with Crippen LogP contribution in [0.3, 0.4) is 0 Å². The fourth-order valence-electron chi connectivity index (χ4n) is 1.90. The van der Waals surface area contributed by atoms with Crippen molar-refractivity contribution in [2.75, 3.05) is 18.0 Å². The summed E-state index contributed by atoms with van der Waals surface area (Å²) in [6.07, 6.45) is 0.500. The van der Waals surface area contributed by atoms with Gasteiger partial charge < -0.3 is 15.3 Å². The molecule has 1 saturated heterocycles. The summed E-state index contributed by atoms with van der Waals surface area (Å²) in [6.45, 7) is 2.09. The number of rotatable bonds is 4. The van der Waals surface area contributed by atoms with Crippen LogP contribution in [0.25, 0.3) is 0 Å². The first-order valence-electron chi connectivity index (χ1n) is 6.10. The molecule has 0 aromatic heterocycles. The highest BCUT2D eigenvalue weighted by molar-refractivity contribution is 5.90. The lowest BCUT2D eigenvalue weighted by atomic mass is 10.2. The number of carbonyl (C=O) groups excluding carboxylic acids is 2. The molecule has 0 radical (unpaired) electrons. The molecule has 0 spiro atoms. The number of hydrogen-bond acceptors (Lipinski definition) is 5. The minimum Gasteiger partial charge on any atom is -0.442 e. The van der Waals surface area contributed by atoms with Gasteiger partial charge in [0.1, 0.15) is 6.10 Å². The van der Waals surface area contributed by atoms with Crippen molar-refractivity contribution in [1.29, 1.82) is 0 Å². The molecule has 106 valence electrons. The Balaban J connectivity index is 2.02. The Morgan fingerprint density at radius 2 is 2.25 bits per heavy atom. The van der Waals surface area contributed by atoms with Crippen molar-refractivity contribution in [2.45, 2.75) is 13.0 Å². The molecule has 1 aliphatic rings. The molecular formula is C13H15N3O4. The largest absolute Gasteiger partial charge is 0.442 e. The Hall–Kier alpha value is -2.57. The van der Waals surface area contributed by atoms with Crippen LogP contribution in [-0.2, 0) is 9.53 Å². The Bertz CT molecular complexity index is 527. The molecule has 1 atom stereocenters. The van der Waals surface area contributed by atoms with Crippen LogP contribution in [0, 0.1) is 0 Å². The number of carbonyl (C=O) groups is 2. The first kappa shape index (κ1) is 13.9. The Morgan fingerprint density at radius 3 is 2.85 bits per heavy atom. The number of oxime groups is 1. The molecule has 0 aliphatic carbocycles. The summed E-state index contributed by atoms with van der Waals surface area (Å²) in [6, 6.07) is 6.92. The zero-order valence-corrected chi connectivity index (χ0v) is 10.9. The summed E-state index contributed by atoms with van der Waals surface area (Å²) >= 11 is 0. The van der Waals surface area contributed by atoms with Crippen LogP contribution in [0.15, 0.2) is 29.4 Å². The highest BCUT2D eigenvalue weighted by Gasteiger charge is 2.32. The van der Waals surface area contributed by atoms with Crippen molar-refractivity contribution in [1.82, 2.24) is 5.32 Å². The van der Waals surface area contributed by atoms with Crippen LogP contribution in [0.4, 0.5) is 10.5 Å². The van der Waals surface area contributed by atoms with Crippen molar-refractivity contribution in [3.63, 3.8) is 0 Å². The molecule has 20 heavy (non-hydrogen) atoms. The molecule has 1 fully saturated rings. The van der Waals surface area contributed by atoms with Crippen molar-refractivity contribution < 1.29 is 19.5 Å². The maximum atomic E-state index is 11.8. The van der Waals surface area contributed by atoms with Crippen LogP contribution in [0.2, 0.25) is 0 Å². The van der Waals surface area contributed by atoms with E-state index < -0.39 is 6.09 Å². The molecule has 2 rings (SSSR count). The lowest BCUT2D eigenvalue weighted by Crippen LogP contribution is -2.33. The third-order valence-corrected chi connectivity index (χ3v) is 2.86. The average molecular weight is 277 g/mol. The topological polar surface area (TPSA) is 91.2 Å². The van der Waals surface area contributed by atoms with Gasteiger partial charge in [0, 0.05) is 12.6 Å². The van der Waals surface area contributed by atoms with Crippen molar-refractivity contribution in [2.24, 2.45) is 5.16 Å². The van der Waals surface area contributed by atoms with E-state index in [-0.39, 0.29) is 12.0 Å². The summed E-state index contributed by atoms with van der Waals surface area (Å²) in [7, 11) is 0. The third kappa shape index (κ3) is 3.25. The molecule has 0 unspecified atom stereocenters. The lowest BCUT2D eigenvalue weighted by Gasteiger charge is -2.13. The minimum absolute atomic E-state index is 0.160. The first-order chi connectivity index (χ1) is 9.60. The van der Waals surface area contributed by atoms with Gasteiger partial charge in [-0.3, -0.25) is 9.69 Å². The highest BCUT2D eigenvalue weighted by Crippen LogP contribution is 2.21. The molecule has 1 aromatic rings. The summed E-state index contributed by atoms with van der Waals surface area (Å²) in [5, 5.41) is 14.0. The van der Waals surface area contributed by atoms with Gasteiger partial charge in [0.2, 0.25) is 5.91 Å². The molecule has 1 aromatic carbocycles. The average Bonchev–Trinajstić information content (AvgIpc) is 2.79. The van der Waals surface area contributed by atoms with E-state index in [0.29, 0.717) is 18.8 Å². The fourth-order valence-corrected chi connectivity index (χ4v) is 1.90. The lowest BCUT2D eigenvalue weighted by molar-refractivity contribution is -0.119. The maximum absolute atomic E-state index is 11.8. The number of amides is 2. The quantitative estimate of drug-likeness (QED) is 0.487. The monoisotopic (exact) mass is 277 g/mol. The summed E-state index contributed by atoms with van der Waals surface area (Å²) in [4.78, 5) is 24.1. The molecule has 1 heterocycles. The predicted molar refractivity (Wildman–Crippen MR) is 72.1 cm³/mol. The van der Waals surface area contributed by atoms with E-state index in [1.165, 1.54) is 18.0 Å². The third-order valence-electron chi connectivity index (χ3n) is 2.86. The molecule has 7 nitrogen and oxygen atoms in total. The second kappa shape index (κ2) is 6.05. The van der Waals surface area contributed by atoms with E-state index in [4.69, 9.17) is 9.94 Å². The van der Waals surface area contributed by atoms with Crippen LogP contribution in [0.5, 0.6) is 0 Å². The molecule has 1 aliphatic heterocycles. The predicted octanol–water partition coefficient (Wildman–Crippen LogP) is 0.956. The Kier molecular flexibility index (Phi) is 4.19. The van der Waals surface area contributed by atoms with Gasteiger partial charge in [0.05, 0.1) is 19.3 Å². The summed E-state index contributed by atoms with van der Waals surface area (Å²) in [5.41, 5.74) is 1.41. The van der Waals surface area contributed by atoms with Crippen LogP contribution >= 0.6 is 0 Å². The van der Waals surface area contributed by atoms with Gasteiger partial charge in [-0.1, -0.05) is 17.3 Å².